The van der Waals surface area contributed by atoms with Crippen molar-refractivity contribution in [1.82, 2.24) is 14.4 Å². The molecule has 2 aromatic heterocycles. The minimum Gasteiger partial charge on any atom is -0.465 e. The minimum absolute atomic E-state index is 0.0577. The van der Waals surface area contributed by atoms with Crippen molar-refractivity contribution in [3.05, 3.63) is 59.0 Å². The average Bonchev–Trinajstić information content (AvgIpc) is 2.99. The fourth-order valence-electron chi connectivity index (χ4n) is 3.13. The van der Waals surface area contributed by atoms with Crippen LogP contribution in [0, 0.1) is 13.8 Å². The fourth-order valence-corrected chi connectivity index (χ4v) is 3.13. The van der Waals surface area contributed by atoms with Crippen molar-refractivity contribution in [2.24, 2.45) is 0 Å². The molecule has 1 unspecified atom stereocenters. The first-order chi connectivity index (χ1) is 12.5. The summed E-state index contributed by atoms with van der Waals surface area (Å²) in [6.07, 6.45) is 0. The maximum Gasteiger partial charge on any atom is 0.325 e. The zero-order chi connectivity index (χ0) is 18.7. The Balaban J connectivity index is 2.07. The normalized spacial score (nSPS) is 12.2. The van der Waals surface area contributed by atoms with Gasteiger partial charge in [-0.1, -0.05) is 37.3 Å². The van der Waals surface area contributed by atoms with Crippen molar-refractivity contribution in [3.63, 3.8) is 0 Å². The van der Waals surface area contributed by atoms with Gasteiger partial charge in [0.15, 0.2) is 0 Å². The largest absolute Gasteiger partial charge is 0.465 e. The quantitative estimate of drug-likeness (QED) is 0.688. The molecule has 0 bridgehead atoms. The lowest BCUT2D eigenvalue weighted by Crippen LogP contribution is -2.19. The highest BCUT2D eigenvalue weighted by molar-refractivity contribution is 5.75. The maximum absolute atomic E-state index is 11.8. The van der Waals surface area contributed by atoms with Gasteiger partial charge in [-0.25, -0.2) is 9.97 Å². The number of nitrogens with one attached hydrogen (secondary N) is 1. The lowest BCUT2D eigenvalue weighted by molar-refractivity contribution is -0.140. The van der Waals surface area contributed by atoms with E-state index < -0.39 is 0 Å². The number of aromatic nitrogens is 3. The van der Waals surface area contributed by atoms with Crippen LogP contribution in [0.25, 0.3) is 5.78 Å². The molecule has 2 heterocycles. The number of fused-ring (bicyclic) bond motifs is 1. The number of hydrogen-bond donors (Lipinski definition) is 1. The first kappa shape index (κ1) is 17.9. The van der Waals surface area contributed by atoms with E-state index in [0.29, 0.717) is 12.4 Å². The van der Waals surface area contributed by atoms with Crippen molar-refractivity contribution in [1.29, 1.82) is 0 Å². The summed E-state index contributed by atoms with van der Waals surface area (Å²) < 4.78 is 7.00. The van der Waals surface area contributed by atoms with Crippen LogP contribution in [0.5, 0.6) is 0 Å². The van der Waals surface area contributed by atoms with E-state index in [-0.39, 0.29) is 18.4 Å². The molecule has 1 N–H and O–H groups in total. The van der Waals surface area contributed by atoms with E-state index in [4.69, 9.17) is 9.72 Å². The average molecular weight is 352 g/mol. The summed E-state index contributed by atoms with van der Waals surface area (Å²) in [6, 6.07) is 12.2. The Hall–Kier alpha value is -2.89. The maximum atomic E-state index is 11.8. The summed E-state index contributed by atoms with van der Waals surface area (Å²) in [7, 11) is 0. The van der Waals surface area contributed by atoms with Gasteiger partial charge < -0.3 is 10.1 Å². The van der Waals surface area contributed by atoms with Crippen molar-refractivity contribution < 1.29 is 9.53 Å². The minimum atomic E-state index is -0.293. The number of imidazole rings is 1. The van der Waals surface area contributed by atoms with Crippen LogP contribution in [0.3, 0.4) is 0 Å². The van der Waals surface area contributed by atoms with Crippen LogP contribution in [-0.4, -0.2) is 33.5 Å². The molecule has 0 spiro atoms. The monoisotopic (exact) mass is 352 g/mol. The van der Waals surface area contributed by atoms with Gasteiger partial charge in [0.25, 0.3) is 0 Å². The van der Waals surface area contributed by atoms with E-state index in [9.17, 15) is 4.79 Å². The Bertz CT molecular complexity index is 918. The van der Waals surface area contributed by atoms with E-state index in [0.717, 1.165) is 28.5 Å². The topological polar surface area (TPSA) is 68.5 Å². The molecule has 0 saturated heterocycles. The van der Waals surface area contributed by atoms with Gasteiger partial charge in [-0.2, -0.15) is 0 Å². The molecule has 0 aliphatic heterocycles. The Morgan fingerprint density at radius 3 is 2.65 bits per heavy atom. The summed E-state index contributed by atoms with van der Waals surface area (Å²) in [5.41, 5.74) is 3.94. The predicted octanol–water partition coefficient (Wildman–Crippen LogP) is 3.47. The zero-order valence-corrected chi connectivity index (χ0v) is 15.6. The summed E-state index contributed by atoms with van der Waals surface area (Å²) in [6.45, 7) is 8.31. The molecule has 6 heteroatoms. The Kier molecular flexibility index (Phi) is 5.21. The number of aryl methyl sites for hydroxylation is 2. The number of ether oxygens (including phenoxy) is 1. The lowest BCUT2D eigenvalue weighted by Gasteiger charge is -2.14. The summed E-state index contributed by atoms with van der Waals surface area (Å²) in [4.78, 5) is 21.2. The SMILES string of the molecule is CCOC(=O)CNc1c(C(C)c2ccccc2)nc2nc(C)cc(C)n12. The summed E-state index contributed by atoms with van der Waals surface area (Å²) >= 11 is 0. The summed E-state index contributed by atoms with van der Waals surface area (Å²) in [5.74, 6) is 1.18. The highest BCUT2D eigenvalue weighted by Crippen LogP contribution is 2.31. The summed E-state index contributed by atoms with van der Waals surface area (Å²) in [5, 5.41) is 3.22. The highest BCUT2D eigenvalue weighted by atomic mass is 16.5. The second-order valence-electron chi connectivity index (χ2n) is 6.31. The van der Waals surface area contributed by atoms with Gasteiger partial charge in [0.1, 0.15) is 12.4 Å². The van der Waals surface area contributed by atoms with E-state index in [1.54, 1.807) is 6.92 Å². The van der Waals surface area contributed by atoms with Gasteiger partial charge in [-0.3, -0.25) is 9.20 Å². The molecule has 3 aromatic rings. The number of rotatable bonds is 6. The molecule has 0 saturated carbocycles. The van der Waals surface area contributed by atoms with Crippen molar-refractivity contribution in [2.45, 2.75) is 33.6 Å². The van der Waals surface area contributed by atoms with Crippen LogP contribution in [0.1, 0.15) is 42.4 Å². The van der Waals surface area contributed by atoms with Gasteiger partial charge in [0.2, 0.25) is 5.78 Å². The number of carbonyl (C=O) groups excluding carboxylic acids is 1. The number of nitrogens with zero attached hydrogens (tertiary/aromatic N) is 3. The number of carbonyl (C=O) groups is 1. The molecular weight excluding hydrogens is 328 g/mol. The van der Waals surface area contributed by atoms with Crippen LogP contribution >= 0.6 is 0 Å². The van der Waals surface area contributed by atoms with Crippen LogP contribution in [0.4, 0.5) is 5.82 Å². The molecule has 136 valence electrons. The van der Waals surface area contributed by atoms with Gasteiger partial charge in [-0.05, 0) is 32.4 Å². The molecule has 0 aliphatic carbocycles. The highest BCUT2D eigenvalue weighted by Gasteiger charge is 2.21. The molecular formula is C20H24N4O2. The van der Waals surface area contributed by atoms with E-state index >= 15 is 0 Å². The molecule has 1 aromatic carbocycles. The second kappa shape index (κ2) is 7.56. The lowest BCUT2D eigenvalue weighted by atomic mass is 9.98. The number of anilines is 1. The van der Waals surface area contributed by atoms with Gasteiger partial charge in [-0.15, -0.1) is 0 Å². The number of benzene rings is 1. The van der Waals surface area contributed by atoms with Crippen molar-refractivity contribution in [2.75, 3.05) is 18.5 Å². The van der Waals surface area contributed by atoms with Crippen LogP contribution < -0.4 is 5.32 Å². The van der Waals surface area contributed by atoms with E-state index in [2.05, 4.69) is 29.4 Å². The van der Waals surface area contributed by atoms with Crippen molar-refractivity contribution in [3.8, 4) is 0 Å². The number of hydrogen-bond acceptors (Lipinski definition) is 5. The standard InChI is InChI=1S/C20H24N4O2/c1-5-26-17(25)12-21-19-18(15(4)16-9-7-6-8-10-16)23-20-22-13(2)11-14(3)24(19)20/h6-11,15,21H,5,12H2,1-4H3. The van der Waals surface area contributed by atoms with Gasteiger partial charge in [0, 0.05) is 17.3 Å². The molecule has 6 nitrogen and oxygen atoms in total. The first-order valence-electron chi connectivity index (χ1n) is 8.82. The first-order valence-corrected chi connectivity index (χ1v) is 8.82. The fraction of sp³-hybridized carbons (Fsp3) is 0.350. The van der Waals surface area contributed by atoms with Crippen LogP contribution in [-0.2, 0) is 9.53 Å². The van der Waals surface area contributed by atoms with Crippen molar-refractivity contribution >= 4 is 17.6 Å². The van der Waals surface area contributed by atoms with Crippen LogP contribution in [0.15, 0.2) is 36.4 Å². The third-order valence-corrected chi connectivity index (χ3v) is 4.35. The van der Waals surface area contributed by atoms with Gasteiger partial charge in [0.05, 0.1) is 12.3 Å². The molecule has 26 heavy (non-hydrogen) atoms. The zero-order valence-electron chi connectivity index (χ0n) is 15.6. The Morgan fingerprint density at radius 1 is 1.23 bits per heavy atom. The molecule has 0 aliphatic rings. The second-order valence-corrected chi connectivity index (χ2v) is 6.31. The molecule has 0 radical (unpaired) electrons. The number of esters is 1. The molecule has 1 atom stereocenters. The Morgan fingerprint density at radius 2 is 1.96 bits per heavy atom. The van der Waals surface area contributed by atoms with Crippen LogP contribution in [0.2, 0.25) is 0 Å². The van der Waals surface area contributed by atoms with Gasteiger partial charge >= 0.3 is 5.97 Å². The third kappa shape index (κ3) is 3.54. The van der Waals surface area contributed by atoms with E-state index in [1.807, 2.05) is 42.5 Å². The van der Waals surface area contributed by atoms with E-state index in [1.165, 1.54) is 0 Å². The smallest absolute Gasteiger partial charge is 0.325 e. The molecule has 0 amide bonds. The molecule has 3 rings (SSSR count). The molecule has 0 fully saturated rings. The third-order valence-electron chi connectivity index (χ3n) is 4.35. The Labute approximate surface area is 153 Å². The predicted molar refractivity (Wildman–Crippen MR) is 102 cm³/mol.